The molecule has 0 bridgehead atoms. The van der Waals surface area contributed by atoms with Crippen molar-refractivity contribution in [3.63, 3.8) is 0 Å². The Morgan fingerprint density at radius 3 is 3.00 bits per heavy atom. The molecule has 0 aliphatic carbocycles. The van der Waals surface area contributed by atoms with Gasteiger partial charge in [0, 0.05) is 12.4 Å². The summed E-state index contributed by atoms with van der Waals surface area (Å²) < 4.78 is 1.67. The van der Waals surface area contributed by atoms with Crippen molar-refractivity contribution in [2.75, 3.05) is 0 Å². The monoisotopic (exact) mass is 158 g/mol. The van der Waals surface area contributed by atoms with E-state index in [1.165, 1.54) is 0 Å². The smallest absolute Gasteiger partial charge is 0.272 e. The van der Waals surface area contributed by atoms with E-state index >= 15 is 0 Å². The highest BCUT2D eigenvalue weighted by molar-refractivity contribution is 6.31. The maximum absolute atomic E-state index is 11.3. The van der Waals surface area contributed by atoms with Crippen molar-refractivity contribution in [3.8, 4) is 0 Å². The van der Waals surface area contributed by atoms with Crippen LogP contribution in [0.3, 0.4) is 0 Å². The van der Waals surface area contributed by atoms with Gasteiger partial charge in [0.2, 0.25) is 0 Å². The molecule has 0 amide bonds. The molecular weight excluding hydrogens is 151 g/mol. The summed E-state index contributed by atoms with van der Waals surface area (Å²) in [6.45, 7) is 1.86. The van der Waals surface area contributed by atoms with Crippen LogP contribution in [0.2, 0.25) is 0 Å². The Bertz CT molecular complexity index is 483. The van der Waals surface area contributed by atoms with Crippen molar-refractivity contribution in [2.24, 2.45) is 0 Å². The van der Waals surface area contributed by atoms with Crippen LogP contribution >= 0.6 is 0 Å². The maximum Gasteiger partial charge on any atom is 0.272 e. The third-order valence-electron chi connectivity index (χ3n) is 1.91. The van der Waals surface area contributed by atoms with E-state index in [1.54, 1.807) is 22.9 Å². The predicted molar refractivity (Wildman–Crippen MR) is 48.1 cm³/mol. The zero-order chi connectivity index (χ0) is 8.72. The van der Waals surface area contributed by atoms with E-state index < -0.39 is 0 Å². The highest BCUT2D eigenvalue weighted by Crippen LogP contribution is 2.01. The molecule has 58 valence electrons. The van der Waals surface area contributed by atoms with Crippen LogP contribution in [0, 0.1) is 6.92 Å². The molecule has 0 aliphatic rings. The van der Waals surface area contributed by atoms with Gasteiger partial charge in [0.1, 0.15) is 13.4 Å². The van der Waals surface area contributed by atoms with Crippen LogP contribution in [0.1, 0.15) is 5.56 Å². The van der Waals surface area contributed by atoms with E-state index in [-0.39, 0.29) is 5.56 Å². The Morgan fingerprint density at radius 2 is 2.33 bits per heavy atom. The van der Waals surface area contributed by atoms with Crippen molar-refractivity contribution in [3.05, 3.63) is 34.4 Å². The molecule has 2 heterocycles. The number of aryl methyl sites for hydroxylation is 1. The molecule has 0 aliphatic heterocycles. The fraction of sp³-hybridized carbons (Fsp3) is 0.125. The number of aromatic amines is 1. The Balaban J connectivity index is 3.09. The number of nitrogens with one attached hydrogen (secondary N) is 1. The topological polar surface area (TPSA) is 37.3 Å². The SMILES string of the molecule is [B]c1cc(C)c2c(=O)[nH]ccn12. The van der Waals surface area contributed by atoms with E-state index in [0.717, 1.165) is 5.56 Å². The molecule has 3 nitrogen and oxygen atoms in total. The number of H-pyrrole nitrogens is 1. The quantitative estimate of drug-likeness (QED) is 0.526. The van der Waals surface area contributed by atoms with Gasteiger partial charge < -0.3 is 9.38 Å². The van der Waals surface area contributed by atoms with Crippen molar-refractivity contribution in [2.45, 2.75) is 6.92 Å². The Hall–Kier alpha value is -1.45. The van der Waals surface area contributed by atoms with E-state index in [4.69, 9.17) is 7.85 Å². The highest BCUT2D eigenvalue weighted by Gasteiger charge is 2.03. The summed E-state index contributed by atoms with van der Waals surface area (Å²) in [4.78, 5) is 13.9. The summed E-state index contributed by atoms with van der Waals surface area (Å²) in [5.74, 6) is 0. The summed E-state index contributed by atoms with van der Waals surface area (Å²) in [5.41, 5.74) is 2.00. The lowest BCUT2D eigenvalue weighted by atomic mass is 10.1. The molecule has 0 unspecified atom stereocenters. The molecule has 2 aromatic rings. The van der Waals surface area contributed by atoms with Gasteiger partial charge in [-0.2, -0.15) is 0 Å². The van der Waals surface area contributed by atoms with Crippen molar-refractivity contribution >= 4 is 19.0 Å². The van der Waals surface area contributed by atoms with Gasteiger partial charge in [0.25, 0.3) is 5.56 Å². The standard InChI is InChI=1S/C8H7BN2O/c1-5-4-6(9)11-3-2-10-8(12)7(5)11/h2-4H,1H3,(H,10,12). The largest absolute Gasteiger partial charge is 0.326 e. The molecule has 12 heavy (non-hydrogen) atoms. The number of fused-ring (bicyclic) bond motifs is 1. The van der Waals surface area contributed by atoms with Crippen molar-refractivity contribution in [1.29, 1.82) is 0 Å². The van der Waals surface area contributed by atoms with Gasteiger partial charge in [0.05, 0.1) is 0 Å². The van der Waals surface area contributed by atoms with Gasteiger partial charge in [-0.1, -0.05) is 0 Å². The number of nitrogens with zero attached hydrogens (tertiary/aromatic N) is 1. The molecule has 0 atom stereocenters. The fourth-order valence-electron chi connectivity index (χ4n) is 1.38. The number of hydrogen-bond donors (Lipinski definition) is 1. The van der Waals surface area contributed by atoms with E-state index in [1.807, 2.05) is 6.92 Å². The van der Waals surface area contributed by atoms with Crippen molar-refractivity contribution < 1.29 is 0 Å². The van der Waals surface area contributed by atoms with Crippen LogP contribution in [-0.2, 0) is 0 Å². The summed E-state index contributed by atoms with van der Waals surface area (Å²) in [6, 6.07) is 1.78. The maximum atomic E-state index is 11.3. The first-order valence-electron chi connectivity index (χ1n) is 3.65. The van der Waals surface area contributed by atoms with Gasteiger partial charge in [-0.15, -0.1) is 0 Å². The Labute approximate surface area is 70.4 Å². The van der Waals surface area contributed by atoms with Gasteiger partial charge in [-0.25, -0.2) is 0 Å². The zero-order valence-corrected chi connectivity index (χ0v) is 6.66. The first kappa shape index (κ1) is 7.22. The van der Waals surface area contributed by atoms with Crippen LogP contribution in [0.15, 0.2) is 23.3 Å². The minimum absolute atomic E-state index is 0.105. The molecule has 2 rings (SSSR count). The van der Waals surface area contributed by atoms with Gasteiger partial charge in [0.15, 0.2) is 0 Å². The minimum Gasteiger partial charge on any atom is -0.326 e. The van der Waals surface area contributed by atoms with Gasteiger partial charge in [-0.05, 0) is 24.1 Å². The summed E-state index contributed by atoms with van der Waals surface area (Å²) in [7, 11) is 5.66. The third-order valence-corrected chi connectivity index (χ3v) is 1.91. The minimum atomic E-state index is -0.105. The first-order valence-corrected chi connectivity index (χ1v) is 3.65. The Kier molecular flexibility index (Phi) is 1.36. The lowest BCUT2D eigenvalue weighted by Gasteiger charge is -1.95. The van der Waals surface area contributed by atoms with E-state index in [9.17, 15) is 4.79 Å². The molecule has 2 aromatic heterocycles. The molecule has 4 heteroatoms. The van der Waals surface area contributed by atoms with Crippen LogP contribution in [0.25, 0.3) is 5.52 Å². The molecule has 1 N–H and O–H groups in total. The summed E-state index contributed by atoms with van der Waals surface area (Å²) in [5, 5.41) is 0. The molecular formula is C8H7BN2O. The first-order chi connectivity index (χ1) is 5.70. The van der Waals surface area contributed by atoms with Crippen LogP contribution < -0.4 is 11.2 Å². The molecule has 0 saturated carbocycles. The average molecular weight is 158 g/mol. The molecule has 2 radical (unpaired) electrons. The predicted octanol–water partition coefficient (Wildman–Crippen LogP) is -0.270. The highest BCUT2D eigenvalue weighted by atomic mass is 16.1. The lowest BCUT2D eigenvalue weighted by Crippen LogP contribution is -2.15. The zero-order valence-electron chi connectivity index (χ0n) is 6.66. The van der Waals surface area contributed by atoms with Gasteiger partial charge in [-0.3, -0.25) is 4.79 Å². The van der Waals surface area contributed by atoms with Crippen LogP contribution in [-0.4, -0.2) is 17.2 Å². The normalized spacial score (nSPS) is 10.8. The van der Waals surface area contributed by atoms with E-state index in [0.29, 0.717) is 11.1 Å². The fourth-order valence-corrected chi connectivity index (χ4v) is 1.38. The summed E-state index contributed by atoms with van der Waals surface area (Å²) in [6.07, 6.45) is 3.31. The Morgan fingerprint density at radius 1 is 1.58 bits per heavy atom. The molecule has 0 aromatic carbocycles. The number of rotatable bonds is 0. The second kappa shape index (κ2) is 2.27. The molecule has 0 fully saturated rings. The van der Waals surface area contributed by atoms with E-state index in [2.05, 4.69) is 4.98 Å². The second-order valence-electron chi connectivity index (χ2n) is 2.76. The third kappa shape index (κ3) is 0.810. The lowest BCUT2D eigenvalue weighted by molar-refractivity contribution is 1.12. The molecule has 0 spiro atoms. The molecule has 0 saturated heterocycles. The number of hydrogen-bond acceptors (Lipinski definition) is 1. The van der Waals surface area contributed by atoms with Crippen LogP contribution in [0.4, 0.5) is 0 Å². The van der Waals surface area contributed by atoms with Gasteiger partial charge >= 0.3 is 0 Å². The van der Waals surface area contributed by atoms with Crippen molar-refractivity contribution in [1.82, 2.24) is 9.38 Å². The number of aromatic nitrogens is 2. The summed E-state index contributed by atoms with van der Waals surface area (Å²) >= 11 is 0. The van der Waals surface area contributed by atoms with Crippen LogP contribution in [0.5, 0.6) is 0 Å². The average Bonchev–Trinajstić information content (AvgIpc) is 2.29. The second-order valence-corrected chi connectivity index (χ2v) is 2.76.